The second-order valence-electron chi connectivity index (χ2n) is 6.18. The molecule has 12 heteroatoms. The lowest BCUT2D eigenvalue weighted by molar-refractivity contribution is -0.384. The quantitative estimate of drug-likeness (QED) is 0.306. The lowest BCUT2D eigenvalue weighted by Crippen LogP contribution is -2.18. The van der Waals surface area contributed by atoms with Crippen LogP contribution in [0.25, 0.3) is 6.08 Å². The number of carbonyl (C=O) groups excluding carboxylic acids is 1. The number of nitrogens with zero attached hydrogens (tertiary/aromatic N) is 3. The van der Waals surface area contributed by atoms with Crippen LogP contribution in [0.2, 0.25) is 0 Å². The number of carbonyl (C=O) groups is 1. The maximum absolute atomic E-state index is 12.6. The Bertz CT molecular complexity index is 1150. The number of benzene rings is 2. The SMILES string of the molecule is CNc1ccc(/C=C(\C#N)C(=O)Nc2cc3c(cc2[N+](=O)[O-])OCCO3)cc1[N+](=O)[O-]. The Morgan fingerprint density at radius 3 is 2.26 bits per heavy atom. The van der Waals surface area contributed by atoms with Crippen LogP contribution in [0.1, 0.15) is 5.56 Å². The number of hydrogen-bond acceptors (Lipinski definition) is 9. The molecule has 2 aromatic rings. The Kier molecular flexibility index (Phi) is 5.97. The molecule has 31 heavy (non-hydrogen) atoms. The number of ether oxygens (including phenoxy) is 2. The molecule has 0 spiro atoms. The number of nitro groups is 2. The molecule has 0 fully saturated rings. The van der Waals surface area contributed by atoms with Gasteiger partial charge in [0.2, 0.25) is 0 Å². The van der Waals surface area contributed by atoms with E-state index >= 15 is 0 Å². The molecule has 0 atom stereocenters. The Morgan fingerprint density at radius 1 is 1.06 bits per heavy atom. The fourth-order valence-electron chi connectivity index (χ4n) is 2.84. The number of nitriles is 1. The summed E-state index contributed by atoms with van der Waals surface area (Å²) in [5.74, 6) is -0.542. The van der Waals surface area contributed by atoms with Gasteiger partial charge in [-0.05, 0) is 17.7 Å². The highest BCUT2D eigenvalue weighted by molar-refractivity contribution is 6.10. The molecule has 0 saturated carbocycles. The summed E-state index contributed by atoms with van der Waals surface area (Å²) in [5, 5.41) is 37.0. The molecular formula is C19H15N5O7. The molecule has 158 valence electrons. The molecule has 1 heterocycles. The van der Waals surface area contributed by atoms with Crippen molar-refractivity contribution in [1.82, 2.24) is 0 Å². The highest BCUT2D eigenvalue weighted by Crippen LogP contribution is 2.39. The second kappa shape index (κ2) is 8.78. The molecule has 3 rings (SSSR count). The van der Waals surface area contributed by atoms with Crippen molar-refractivity contribution in [2.45, 2.75) is 0 Å². The minimum absolute atomic E-state index is 0.170. The van der Waals surface area contributed by atoms with Crippen LogP contribution in [-0.2, 0) is 4.79 Å². The number of fused-ring (bicyclic) bond motifs is 1. The zero-order chi connectivity index (χ0) is 22.5. The van der Waals surface area contributed by atoms with Crippen LogP contribution in [0.4, 0.5) is 22.7 Å². The molecule has 2 N–H and O–H groups in total. The summed E-state index contributed by atoms with van der Waals surface area (Å²) in [6.45, 7) is 0.471. The van der Waals surface area contributed by atoms with Gasteiger partial charge in [0.05, 0.1) is 15.9 Å². The maximum Gasteiger partial charge on any atom is 0.296 e. The molecule has 2 aromatic carbocycles. The minimum atomic E-state index is -0.928. The van der Waals surface area contributed by atoms with E-state index in [-0.39, 0.29) is 47.3 Å². The predicted molar refractivity (Wildman–Crippen MR) is 109 cm³/mol. The summed E-state index contributed by atoms with van der Waals surface area (Å²) < 4.78 is 10.7. The standard InChI is InChI=1S/C19H15N5O7/c1-21-13-3-2-11(7-15(13)23(26)27)6-12(10-20)19(25)22-14-8-17-18(31-5-4-30-17)9-16(14)24(28)29/h2-3,6-9,21H,4-5H2,1H3,(H,22,25)/b12-6+. The zero-order valence-electron chi connectivity index (χ0n) is 16.1. The summed E-state index contributed by atoms with van der Waals surface area (Å²) in [7, 11) is 1.52. The van der Waals surface area contributed by atoms with Crippen LogP contribution in [0.5, 0.6) is 11.5 Å². The van der Waals surface area contributed by atoms with Crippen LogP contribution in [0, 0.1) is 31.6 Å². The Labute approximate surface area is 175 Å². The average molecular weight is 425 g/mol. The molecule has 1 amide bonds. The lowest BCUT2D eigenvalue weighted by Gasteiger charge is -2.19. The summed E-state index contributed by atoms with van der Waals surface area (Å²) >= 11 is 0. The van der Waals surface area contributed by atoms with Crippen molar-refractivity contribution in [2.75, 3.05) is 30.9 Å². The highest BCUT2D eigenvalue weighted by atomic mass is 16.6. The molecule has 0 aromatic heterocycles. The first-order valence-electron chi connectivity index (χ1n) is 8.81. The molecule has 12 nitrogen and oxygen atoms in total. The van der Waals surface area contributed by atoms with Crippen LogP contribution in [0.3, 0.4) is 0 Å². The van der Waals surface area contributed by atoms with Gasteiger partial charge in [-0.1, -0.05) is 6.07 Å². The first kappa shape index (κ1) is 21.1. The van der Waals surface area contributed by atoms with Gasteiger partial charge in [-0.25, -0.2) is 0 Å². The first-order chi connectivity index (χ1) is 14.8. The van der Waals surface area contributed by atoms with E-state index in [1.165, 1.54) is 31.3 Å². The zero-order valence-corrected chi connectivity index (χ0v) is 16.1. The van der Waals surface area contributed by atoms with Gasteiger partial charge in [0.15, 0.2) is 11.5 Å². The van der Waals surface area contributed by atoms with Gasteiger partial charge >= 0.3 is 0 Å². The summed E-state index contributed by atoms with van der Waals surface area (Å²) in [5.41, 5.74) is -0.779. The van der Waals surface area contributed by atoms with E-state index in [4.69, 9.17) is 9.47 Å². The van der Waals surface area contributed by atoms with Crippen LogP contribution >= 0.6 is 0 Å². The monoisotopic (exact) mass is 425 g/mol. The van der Waals surface area contributed by atoms with Gasteiger partial charge in [0.25, 0.3) is 17.3 Å². The average Bonchev–Trinajstić information content (AvgIpc) is 2.76. The Morgan fingerprint density at radius 2 is 1.68 bits per heavy atom. The molecule has 0 aliphatic carbocycles. The second-order valence-corrected chi connectivity index (χ2v) is 6.18. The third kappa shape index (κ3) is 4.51. The van der Waals surface area contributed by atoms with E-state index in [1.807, 2.05) is 0 Å². The third-order valence-electron chi connectivity index (χ3n) is 4.27. The van der Waals surface area contributed by atoms with E-state index in [1.54, 1.807) is 6.07 Å². The molecule has 0 saturated heterocycles. The third-order valence-corrected chi connectivity index (χ3v) is 4.27. The predicted octanol–water partition coefficient (Wildman–Crippen LogP) is 2.86. The van der Waals surface area contributed by atoms with Crippen molar-refractivity contribution >= 4 is 34.7 Å². The summed E-state index contributed by atoms with van der Waals surface area (Å²) in [4.78, 5) is 33.9. The molecule has 0 bridgehead atoms. The van der Waals surface area contributed by atoms with Crippen LogP contribution in [0.15, 0.2) is 35.9 Å². The van der Waals surface area contributed by atoms with Crippen molar-refractivity contribution < 1.29 is 24.1 Å². The van der Waals surface area contributed by atoms with Gasteiger partial charge in [0, 0.05) is 19.2 Å². The van der Waals surface area contributed by atoms with Crippen LogP contribution in [-0.4, -0.2) is 36.0 Å². The molecule has 1 aliphatic heterocycles. The smallest absolute Gasteiger partial charge is 0.296 e. The number of anilines is 2. The van der Waals surface area contributed by atoms with E-state index in [2.05, 4.69) is 10.6 Å². The van der Waals surface area contributed by atoms with Crippen molar-refractivity contribution in [3.63, 3.8) is 0 Å². The first-order valence-corrected chi connectivity index (χ1v) is 8.81. The van der Waals surface area contributed by atoms with Gasteiger partial charge in [0.1, 0.15) is 36.2 Å². The fourth-order valence-corrected chi connectivity index (χ4v) is 2.84. The summed E-state index contributed by atoms with van der Waals surface area (Å²) in [6.07, 6.45) is 1.14. The molecule has 1 aliphatic rings. The number of nitrogens with one attached hydrogen (secondary N) is 2. The number of amides is 1. The maximum atomic E-state index is 12.6. The van der Waals surface area contributed by atoms with Crippen LogP contribution < -0.4 is 20.1 Å². The van der Waals surface area contributed by atoms with Crippen molar-refractivity contribution in [1.29, 1.82) is 5.26 Å². The van der Waals surface area contributed by atoms with Crippen molar-refractivity contribution in [3.8, 4) is 17.6 Å². The van der Waals surface area contributed by atoms with E-state index < -0.39 is 27.0 Å². The molecule has 0 unspecified atom stereocenters. The molecule has 0 radical (unpaired) electrons. The van der Waals surface area contributed by atoms with Gasteiger partial charge in [-0.3, -0.25) is 25.0 Å². The van der Waals surface area contributed by atoms with Gasteiger partial charge in [-0.15, -0.1) is 0 Å². The number of rotatable bonds is 6. The largest absolute Gasteiger partial charge is 0.486 e. The van der Waals surface area contributed by atoms with Gasteiger partial charge in [-0.2, -0.15) is 5.26 Å². The normalized spacial score (nSPS) is 12.5. The fraction of sp³-hybridized carbons (Fsp3) is 0.158. The Balaban J connectivity index is 1.94. The van der Waals surface area contributed by atoms with E-state index in [0.717, 1.165) is 12.1 Å². The summed E-state index contributed by atoms with van der Waals surface area (Å²) in [6, 6.07) is 8.18. The van der Waals surface area contributed by atoms with E-state index in [0.29, 0.717) is 0 Å². The number of hydrogen-bond donors (Lipinski definition) is 2. The molecular weight excluding hydrogens is 410 g/mol. The Hall–Kier alpha value is -4.66. The van der Waals surface area contributed by atoms with Crippen molar-refractivity contribution in [2.24, 2.45) is 0 Å². The lowest BCUT2D eigenvalue weighted by atomic mass is 10.1. The highest BCUT2D eigenvalue weighted by Gasteiger charge is 2.24. The minimum Gasteiger partial charge on any atom is -0.486 e. The van der Waals surface area contributed by atoms with E-state index in [9.17, 15) is 30.3 Å². The van der Waals surface area contributed by atoms with Gasteiger partial charge < -0.3 is 20.1 Å². The topological polar surface area (TPSA) is 170 Å². The van der Waals surface area contributed by atoms with Crippen molar-refractivity contribution in [3.05, 3.63) is 61.7 Å². The number of nitro benzene ring substituents is 2.